The first kappa shape index (κ1) is 13.0. The lowest BCUT2D eigenvalue weighted by atomic mass is 10.3. The number of amides is 1. The van der Waals surface area contributed by atoms with Gasteiger partial charge in [-0.2, -0.15) is 0 Å². The first-order chi connectivity index (χ1) is 10.3. The van der Waals surface area contributed by atoms with Gasteiger partial charge in [-0.05, 0) is 37.1 Å². The number of nitrogens with zero attached hydrogens (tertiary/aromatic N) is 2. The minimum absolute atomic E-state index is 0.171. The van der Waals surface area contributed by atoms with Crippen LogP contribution in [0.15, 0.2) is 36.4 Å². The van der Waals surface area contributed by atoms with Crippen LogP contribution in [0.4, 0.5) is 0 Å². The Kier molecular flexibility index (Phi) is 3.24. The molecule has 4 rings (SSSR count). The van der Waals surface area contributed by atoms with Gasteiger partial charge in [0.25, 0.3) is 5.91 Å². The van der Waals surface area contributed by atoms with Gasteiger partial charge in [-0.25, -0.2) is 4.98 Å². The molecule has 1 aliphatic heterocycles. The van der Waals surface area contributed by atoms with Crippen LogP contribution >= 0.6 is 22.7 Å². The van der Waals surface area contributed by atoms with Crippen LogP contribution in [0.5, 0.6) is 0 Å². The molecule has 5 heteroatoms. The van der Waals surface area contributed by atoms with Crippen molar-refractivity contribution < 1.29 is 4.79 Å². The molecule has 1 fully saturated rings. The van der Waals surface area contributed by atoms with Crippen LogP contribution in [0.3, 0.4) is 0 Å². The first-order valence-electron chi connectivity index (χ1n) is 7.06. The van der Waals surface area contributed by atoms with E-state index in [9.17, 15) is 4.79 Å². The molecule has 3 heterocycles. The summed E-state index contributed by atoms with van der Waals surface area (Å²) in [5, 5.41) is 1.00. The van der Waals surface area contributed by atoms with Gasteiger partial charge in [0.2, 0.25) is 0 Å². The standard InChI is InChI=1S/C16H14N2OS2/c19-16(18-9-3-4-10-18)14-8-7-13(20-14)15-17-11-5-1-2-6-12(11)21-15/h1-2,5-8H,3-4,9-10H2. The summed E-state index contributed by atoms with van der Waals surface area (Å²) in [6.45, 7) is 1.79. The fraction of sp³-hybridized carbons (Fsp3) is 0.250. The van der Waals surface area contributed by atoms with Crippen molar-refractivity contribution in [2.45, 2.75) is 12.8 Å². The fourth-order valence-electron chi connectivity index (χ4n) is 2.62. The molecule has 0 radical (unpaired) electrons. The quantitative estimate of drug-likeness (QED) is 0.708. The zero-order valence-electron chi connectivity index (χ0n) is 11.4. The van der Waals surface area contributed by atoms with E-state index in [-0.39, 0.29) is 5.91 Å². The van der Waals surface area contributed by atoms with Gasteiger partial charge < -0.3 is 4.90 Å². The second kappa shape index (κ2) is 5.24. The van der Waals surface area contributed by atoms with E-state index in [1.165, 1.54) is 4.70 Å². The monoisotopic (exact) mass is 314 g/mol. The number of hydrogen-bond donors (Lipinski definition) is 0. The van der Waals surface area contributed by atoms with Gasteiger partial charge in [0, 0.05) is 13.1 Å². The third kappa shape index (κ3) is 2.36. The van der Waals surface area contributed by atoms with Crippen LogP contribution in [-0.4, -0.2) is 28.9 Å². The Morgan fingerprint density at radius 3 is 2.67 bits per heavy atom. The third-order valence-corrected chi connectivity index (χ3v) is 5.99. The van der Waals surface area contributed by atoms with Gasteiger partial charge in [0.15, 0.2) is 0 Å². The van der Waals surface area contributed by atoms with Crippen LogP contribution in [0.2, 0.25) is 0 Å². The maximum atomic E-state index is 12.4. The van der Waals surface area contributed by atoms with Crippen LogP contribution < -0.4 is 0 Å². The average molecular weight is 314 g/mol. The molecule has 0 saturated carbocycles. The number of hydrogen-bond acceptors (Lipinski definition) is 4. The van der Waals surface area contributed by atoms with Crippen molar-refractivity contribution in [3.8, 4) is 9.88 Å². The summed E-state index contributed by atoms with van der Waals surface area (Å²) in [6.07, 6.45) is 2.25. The van der Waals surface area contributed by atoms with Crippen molar-refractivity contribution in [3.05, 3.63) is 41.3 Å². The lowest BCUT2D eigenvalue weighted by Gasteiger charge is -2.13. The highest BCUT2D eigenvalue weighted by Gasteiger charge is 2.21. The summed E-state index contributed by atoms with van der Waals surface area (Å²) in [4.78, 5) is 20.9. The number of thiazole rings is 1. The van der Waals surface area contributed by atoms with Crippen molar-refractivity contribution in [3.63, 3.8) is 0 Å². The summed E-state index contributed by atoms with van der Waals surface area (Å²) in [5.74, 6) is 0.171. The average Bonchev–Trinajstić information content (AvgIpc) is 3.24. The van der Waals surface area contributed by atoms with Crippen LogP contribution in [0.1, 0.15) is 22.5 Å². The summed E-state index contributed by atoms with van der Waals surface area (Å²) >= 11 is 3.23. The van der Waals surface area contributed by atoms with E-state index < -0.39 is 0 Å². The van der Waals surface area contributed by atoms with E-state index in [1.54, 1.807) is 22.7 Å². The van der Waals surface area contributed by atoms with Crippen molar-refractivity contribution in [2.24, 2.45) is 0 Å². The zero-order chi connectivity index (χ0) is 14.2. The van der Waals surface area contributed by atoms with Crippen LogP contribution in [0.25, 0.3) is 20.1 Å². The molecule has 0 N–H and O–H groups in total. The number of para-hydroxylation sites is 1. The third-order valence-electron chi connectivity index (χ3n) is 3.71. The summed E-state index contributed by atoms with van der Waals surface area (Å²) in [7, 11) is 0. The molecule has 0 unspecified atom stereocenters. The molecule has 0 aliphatic carbocycles. The number of fused-ring (bicyclic) bond motifs is 1. The number of aromatic nitrogens is 1. The molecule has 3 nitrogen and oxygen atoms in total. The topological polar surface area (TPSA) is 33.2 Å². The van der Waals surface area contributed by atoms with Gasteiger partial charge in [-0.1, -0.05) is 12.1 Å². The lowest BCUT2D eigenvalue weighted by molar-refractivity contribution is 0.0797. The highest BCUT2D eigenvalue weighted by atomic mass is 32.1. The van der Waals surface area contributed by atoms with Gasteiger partial charge in [-0.3, -0.25) is 4.79 Å². The minimum Gasteiger partial charge on any atom is -0.338 e. The molecular weight excluding hydrogens is 300 g/mol. The van der Waals surface area contributed by atoms with Crippen molar-refractivity contribution >= 4 is 38.8 Å². The molecule has 1 saturated heterocycles. The molecule has 1 amide bonds. The Bertz CT molecular complexity index is 766. The van der Waals surface area contributed by atoms with Gasteiger partial charge >= 0.3 is 0 Å². The van der Waals surface area contributed by atoms with E-state index in [1.807, 2.05) is 35.2 Å². The highest BCUT2D eigenvalue weighted by molar-refractivity contribution is 7.26. The Hall–Kier alpha value is -1.72. The molecule has 0 atom stereocenters. The molecule has 0 spiro atoms. The largest absolute Gasteiger partial charge is 0.338 e. The van der Waals surface area contributed by atoms with E-state index in [0.29, 0.717) is 0 Å². The zero-order valence-corrected chi connectivity index (χ0v) is 13.0. The van der Waals surface area contributed by atoms with Crippen molar-refractivity contribution in [1.29, 1.82) is 0 Å². The van der Waals surface area contributed by atoms with E-state index in [0.717, 1.165) is 46.2 Å². The van der Waals surface area contributed by atoms with Gasteiger partial charge in [0.05, 0.1) is 20.0 Å². The van der Waals surface area contributed by atoms with Crippen molar-refractivity contribution in [1.82, 2.24) is 9.88 Å². The molecule has 2 aromatic heterocycles. The normalized spacial score (nSPS) is 15.0. The van der Waals surface area contributed by atoms with E-state index in [2.05, 4.69) is 11.1 Å². The Morgan fingerprint density at radius 1 is 1.05 bits per heavy atom. The molecule has 106 valence electrons. The smallest absolute Gasteiger partial charge is 0.263 e. The number of thiophene rings is 1. The Morgan fingerprint density at radius 2 is 1.86 bits per heavy atom. The Labute approximate surface area is 130 Å². The molecule has 1 aliphatic rings. The molecular formula is C16H14N2OS2. The number of likely N-dealkylation sites (tertiary alicyclic amines) is 1. The number of carbonyl (C=O) groups excluding carboxylic acids is 1. The molecule has 3 aromatic rings. The number of benzene rings is 1. The number of rotatable bonds is 2. The highest BCUT2D eigenvalue weighted by Crippen LogP contribution is 2.34. The lowest BCUT2D eigenvalue weighted by Crippen LogP contribution is -2.26. The predicted molar refractivity (Wildman–Crippen MR) is 88.1 cm³/mol. The van der Waals surface area contributed by atoms with Gasteiger partial charge in [-0.15, -0.1) is 22.7 Å². The fourth-order valence-corrected chi connectivity index (χ4v) is 4.62. The van der Waals surface area contributed by atoms with Gasteiger partial charge in [0.1, 0.15) is 5.01 Å². The summed E-state index contributed by atoms with van der Waals surface area (Å²) in [6, 6.07) is 12.1. The van der Waals surface area contributed by atoms with Crippen molar-refractivity contribution in [2.75, 3.05) is 13.1 Å². The van der Waals surface area contributed by atoms with E-state index >= 15 is 0 Å². The first-order valence-corrected chi connectivity index (χ1v) is 8.69. The molecule has 0 bridgehead atoms. The van der Waals surface area contributed by atoms with Crippen LogP contribution in [-0.2, 0) is 0 Å². The summed E-state index contributed by atoms with van der Waals surface area (Å²) < 4.78 is 1.19. The molecule has 21 heavy (non-hydrogen) atoms. The van der Waals surface area contributed by atoms with Crippen LogP contribution in [0, 0.1) is 0 Å². The SMILES string of the molecule is O=C(c1ccc(-c2nc3ccccc3s2)s1)N1CCCC1. The maximum Gasteiger partial charge on any atom is 0.263 e. The minimum atomic E-state index is 0.171. The maximum absolute atomic E-state index is 12.4. The molecule has 1 aromatic carbocycles. The summed E-state index contributed by atoms with van der Waals surface area (Å²) in [5.41, 5.74) is 1.03. The predicted octanol–water partition coefficient (Wildman–Crippen LogP) is 4.26. The van der Waals surface area contributed by atoms with E-state index in [4.69, 9.17) is 0 Å². The Balaban J connectivity index is 1.65. The second-order valence-electron chi connectivity index (χ2n) is 5.15. The second-order valence-corrected chi connectivity index (χ2v) is 7.26. The number of carbonyl (C=O) groups is 1.